The summed E-state index contributed by atoms with van der Waals surface area (Å²) in [5.74, 6) is 0.268. The fourth-order valence-electron chi connectivity index (χ4n) is 3.64. The molecule has 0 saturated carbocycles. The summed E-state index contributed by atoms with van der Waals surface area (Å²) in [4.78, 5) is 28.9. The van der Waals surface area contributed by atoms with Gasteiger partial charge in [-0.25, -0.2) is 0 Å². The van der Waals surface area contributed by atoms with Crippen molar-refractivity contribution in [3.63, 3.8) is 0 Å². The highest BCUT2D eigenvalue weighted by Crippen LogP contribution is 2.34. The van der Waals surface area contributed by atoms with E-state index in [0.717, 1.165) is 5.56 Å². The molecule has 0 spiro atoms. The maximum atomic E-state index is 12.4. The molecule has 0 aliphatic rings. The highest BCUT2D eigenvalue weighted by atomic mass is 16.3. The van der Waals surface area contributed by atoms with Gasteiger partial charge in [-0.3, -0.25) is 14.6 Å². The van der Waals surface area contributed by atoms with Crippen LogP contribution in [0.2, 0.25) is 0 Å². The molecule has 0 bridgehead atoms. The Morgan fingerprint density at radius 2 is 1.66 bits per heavy atom. The first-order chi connectivity index (χ1) is 15.3. The molecule has 0 fully saturated rings. The predicted octanol–water partition coefficient (Wildman–Crippen LogP) is 4.31. The largest absolute Gasteiger partial charge is 0.508 e. The number of phenolic OH excluding ortho intramolecular Hbond substituents is 2. The van der Waals surface area contributed by atoms with E-state index in [1.165, 1.54) is 6.07 Å². The SMILES string of the molecule is CC(C)[C@@H](Nc1c(Nc2ccc(O)c(-c3ccccn3)c2)c(=O)c1=O)c1cccc(O)c1. The predicted molar refractivity (Wildman–Crippen MR) is 125 cm³/mol. The molecule has 0 aliphatic carbocycles. The van der Waals surface area contributed by atoms with Crippen LogP contribution in [0, 0.1) is 5.92 Å². The molecular formula is C25H23N3O4. The second kappa shape index (κ2) is 8.55. The van der Waals surface area contributed by atoms with Crippen LogP contribution in [0.15, 0.2) is 76.4 Å². The Morgan fingerprint density at radius 3 is 2.34 bits per heavy atom. The number of pyridine rings is 1. The summed E-state index contributed by atoms with van der Waals surface area (Å²) < 4.78 is 0. The van der Waals surface area contributed by atoms with Crippen molar-refractivity contribution in [2.75, 3.05) is 10.6 Å². The van der Waals surface area contributed by atoms with Crippen LogP contribution in [0.5, 0.6) is 11.5 Å². The van der Waals surface area contributed by atoms with Gasteiger partial charge in [0, 0.05) is 17.4 Å². The van der Waals surface area contributed by atoms with Crippen molar-refractivity contribution < 1.29 is 10.2 Å². The van der Waals surface area contributed by atoms with Gasteiger partial charge in [-0.2, -0.15) is 0 Å². The lowest BCUT2D eigenvalue weighted by atomic mass is 9.95. The van der Waals surface area contributed by atoms with E-state index in [0.29, 0.717) is 16.9 Å². The van der Waals surface area contributed by atoms with Crippen molar-refractivity contribution in [3.8, 4) is 22.8 Å². The minimum atomic E-state index is -0.613. The van der Waals surface area contributed by atoms with Gasteiger partial charge in [0.15, 0.2) is 0 Å². The third kappa shape index (κ3) is 4.05. The van der Waals surface area contributed by atoms with Crippen LogP contribution in [0.1, 0.15) is 25.5 Å². The molecule has 1 heterocycles. The van der Waals surface area contributed by atoms with Crippen molar-refractivity contribution in [1.29, 1.82) is 0 Å². The molecule has 0 aliphatic heterocycles. The van der Waals surface area contributed by atoms with E-state index in [9.17, 15) is 19.8 Å². The third-order valence-corrected chi connectivity index (χ3v) is 5.31. The van der Waals surface area contributed by atoms with Gasteiger partial charge in [-0.15, -0.1) is 0 Å². The summed E-state index contributed by atoms with van der Waals surface area (Å²) in [6, 6.07) is 16.7. The normalized spacial score (nSPS) is 12.1. The number of phenols is 2. The lowest BCUT2D eigenvalue weighted by Crippen LogP contribution is -2.38. The lowest BCUT2D eigenvalue weighted by Gasteiger charge is -2.26. The highest BCUT2D eigenvalue weighted by molar-refractivity contribution is 5.81. The molecule has 1 aromatic heterocycles. The summed E-state index contributed by atoms with van der Waals surface area (Å²) in [5, 5.41) is 26.3. The van der Waals surface area contributed by atoms with Crippen LogP contribution in [0.4, 0.5) is 17.1 Å². The second-order valence-corrected chi connectivity index (χ2v) is 7.94. The Kier molecular flexibility index (Phi) is 5.64. The van der Waals surface area contributed by atoms with Gasteiger partial charge in [-0.1, -0.05) is 32.0 Å². The van der Waals surface area contributed by atoms with Gasteiger partial charge >= 0.3 is 0 Å². The fourth-order valence-corrected chi connectivity index (χ4v) is 3.64. The average molecular weight is 429 g/mol. The van der Waals surface area contributed by atoms with Crippen molar-refractivity contribution in [2.24, 2.45) is 5.92 Å². The number of hydrogen-bond acceptors (Lipinski definition) is 7. The third-order valence-electron chi connectivity index (χ3n) is 5.31. The number of nitrogens with zero attached hydrogens (tertiary/aromatic N) is 1. The van der Waals surface area contributed by atoms with Gasteiger partial charge in [0.05, 0.1) is 11.7 Å². The first-order valence-corrected chi connectivity index (χ1v) is 10.3. The summed E-state index contributed by atoms with van der Waals surface area (Å²) in [5.41, 5.74) is 1.59. The van der Waals surface area contributed by atoms with Crippen molar-refractivity contribution in [3.05, 3.63) is 92.9 Å². The maximum absolute atomic E-state index is 12.4. The van der Waals surface area contributed by atoms with Crippen LogP contribution < -0.4 is 21.5 Å². The van der Waals surface area contributed by atoms with E-state index in [-0.39, 0.29) is 34.8 Å². The van der Waals surface area contributed by atoms with E-state index in [2.05, 4.69) is 15.6 Å². The molecule has 7 nitrogen and oxygen atoms in total. The molecule has 0 radical (unpaired) electrons. The first kappa shape index (κ1) is 21.1. The molecule has 32 heavy (non-hydrogen) atoms. The minimum Gasteiger partial charge on any atom is -0.508 e. The van der Waals surface area contributed by atoms with Crippen LogP contribution >= 0.6 is 0 Å². The molecule has 4 aromatic rings. The van der Waals surface area contributed by atoms with Gasteiger partial charge in [0.25, 0.3) is 10.9 Å². The number of hydrogen-bond donors (Lipinski definition) is 4. The maximum Gasteiger partial charge on any atom is 0.253 e. The van der Waals surface area contributed by atoms with Crippen LogP contribution in [-0.2, 0) is 0 Å². The van der Waals surface area contributed by atoms with Gasteiger partial charge < -0.3 is 20.8 Å². The molecule has 162 valence electrons. The number of aromatic nitrogens is 1. The summed E-state index contributed by atoms with van der Waals surface area (Å²) in [6.07, 6.45) is 1.63. The van der Waals surface area contributed by atoms with Gasteiger partial charge in [0.1, 0.15) is 22.9 Å². The standard InChI is InChI=1S/C25H23N3O4/c1-14(2)21(15-6-5-7-17(29)12-15)28-23-22(24(31)25(23)32)27-16-9-10-20(30)18(13-16)19-8-3-4-11-26-19/h3-14,21,27-30H,1-2H3/t21-/m1/s1. The Bertz CT molecular complexity index is 1330. The van der Waals surface area contributed by atoms with Crippen LogP contribution in [0.3, 0.4) is 0 Å². The van der Waals surface area contributed by atoms with Gasteiger partial charge in [0.2, 0.25) is 0 Å². The number of nitrogens with one attached hydrogen (secondary N) is 2. The Hall–Kier alpha value is -4.13. The van der Waals surface area contributed by atoms with Crippen molar-refractivity contribution >= 4 is 17.1 Å². The smallest absolute Gasteiger partial charge is 0.253 e. The first-order valence-electron chi connectivity index (χ1n) is 10.3. The molecule has 4 N–H and O–H groups in total. The second-order valence-electron chi connectivity index (χ2n) is 7.94. The van der Waals surface area contributed by atoms with Gasteiger partial charge in [-0.05, 0) is 53.9 Å². The average Bonchev–Trinajstić information content (AvgIpc) is 2.79. The minimum absolute atomic E-state index is 0.0568. The Balaban J connectivity index is 1.64. The number of rotatable bonds is 7. The quantitative estimate of drug-likeness (QED) is 0.256. The van der Waals surface area contributed by atoms with Crippen LogP contribution in [0.25, 0.3) is 11.3 Å². The molecule has 0 unspecified atom stereocenters. The zero-order valence-electron chi connectivity index (χ0n) is 17.7. The molecular weight excluding hydrogens is 406 g/mol. The topological polar surface area (TPSA) is 112 Å². The summed E-state index contributed by atoms with van der Waals surface area (Å²) in [6.45, 7) is 3.97. The zero-order valence-corrected chi connectivity index (χ0v) is 17.7. The molecule has 0 saturated heterocycles. The zero-order chi connectivity index (χ0) is 22.8. The molecule has 7 heteroatoms. The monoisotopic (exact) mass is 429 g/mol. The van der Waals surface area contributed by atoms with E-state index < -0.39 is 10.9 Å². The molecule has 4 rings (SSSR count). The molecule has 3 aromatic carbocycles. The molecule has 1 atom stereocenters. The fraction of sp³-hybridized carbons (Fsp3) is 0.160. The number of aromatic hydroxyl groups is 2. The summed E-state index contributed by atoms with van der Waals surface area (Å²) in [7, 11) is 0. The van der Waals surface area contributed by atoms with E-state index in [4.69, 9.17) is 0 Å². The van der Waals surface area contributed by atoms with E-state index >= 15 is 0 Å². The van der Waals surface area contributed by atoms with Crippen LogP contribution in [-0.4, -0.2) is 15.2 Å². The number of benzene rings is 2. The van der Waals surface area contributed by atoms with Crippen molar-refractivity contribution in [2.45, 2.75) is 19.9 Å². The summed E-state index contributed by atoms with van der Waals surface area (Å²) >= 11 is 0. The Labute approximate surface area is 184 Å². The lowest BCUT2D eigenvalue weighted by molar-refractivity contribution is 0.471. The van der Waals surface area contributed by atoms with E-state index in [1.54, 1.807) is 48.7 Å². The van der Waals surface area contributed by atoms with E-state index in [1.807, 2.05) is 26.0 Å². The molecule has 0 amide bonds. The highest BCUT2D eigenvalue weighted by Gasteiger charge is 2.26. The van der Waals surface area contributed by atoms with Crippen molar-refractivity contribution in [1.82, 2.24) is 4.98 Å². The Morgan fingerprint density at radius 1 is 0.875 bits per heavy atom. The number of anilines is 3.